The zero-order valence-electron chi connectivity index (χ0n) is 15.3. The lowest BCUT2D eigenvalue weighted by atomic mass is 10.1. The van der Waals surface area contributed by atoms with Crippen LogP contribution in [-0.2, 0) is 4.79 Å². The Morgan fingerprint density at radius 3 is 2.22 bits per heavy atom. The van der Waals surface area contributed by atoms with Gasteiger partial charge in [-0.3, -0.25) is 4.79 Å². The minimum atomic E-state index is -0.214. The van der Waals surface area contributed by atoms with Gasteiger partial charge in [-0.2, -0.15) is 10.2 Å². The molecule has 5 heteroatoms. The van der Waals surface area contributed by atoms with Gasteiger partial charge in [0.25, 0.3) is 5.91 Å². The lowest BCUT2D eigenvalue weighted by molar-refractivity contribution is -0.118. The highest BCUT2D eigenvalue weighted by Gasteiger charge is 2.06. The summed E-state index contributed by atoms with van der Waals surface area (Å²) in [5.74, 6) is 0.501. The van der Waals surface area contributed by atoms with Crippen molar-refractivity contribution < 1.29 is 9.53 Å². The number of nitrogens with one attached hydrogen (secondary N) is 1. The summed E-state index contributed by atoms with van der Waals surface area (Å²) < 4.78 is 5.59. The zero-order chi connectivity index (χ0) is 19.1. The quantitative estimate of drug-likeness (QED) is 0.571. The number of anilines is 1. The SMILES string of the molecule is Cc1ccc(OCC(=O)Nc2ccc(N=Nc3ccccc3)cc2)c(C)c1. The number of nitrogens with zero attached hydrogens (tertiary/aromatic N) is 2. The lowest BCUT2D eigenvalue weighted by Gasteiger charge is -2.10. The standard InChI is InChI=1S/C22H21N3O2/c1-16-8-13-21(17(2)14-16)27-15-22(26)23-18-9-11-20(12-10-18)25-24-19-6-4-3-5-7-19/h3-14H,15H2,1-2H3,(H,23,26). The molecule has 0 aromatic heterocycles. The van der Waals surface area contributed by atoms with Crippen LogP contribution in [0.1, 0.15) is 11.1 Å². The van der Waals surface area contributed by atoms with Crippen molar-refractivity contribution in [3.63, 3.8) is 0 Å². The number of benzene rings is 3. The third kappa shape index (κ3) is 5.51. The maximum atomic E-state index is 12.1. The molecule has 0 unspecified atom stereocenters. The highest BCUT2D eigenvalue weighted by Crippen LogP contribution is 2.21. The molecule has 3 rings (SSSR count). The average Bonchev–Trinajstić information content (AvgIpc) is 2.67. The fourth-order valence-corrected chi connectivity index (χ4v) is 2.52. The van der Waals surface area contributed by atoms with E-state index in [-0.39, 0.29) is 12.5 Å². The number of hydrogen-bond donors (Lipinski definition) is 1. The van der Waals surface area contributed by atoms with E-state index in [9.17, 15) is 4.79 Å². The second-order valence-corrected chi connectivity index (χ2v) is 6.19. The van der Waals surface area contributed by atoms with Gasteiger partial charge in [-0.25, -0.2) is 0 Å². The fraction of sp³-hybridized carbons (Fsp3) is 0.136. The van der Waals surface area contributed by atoms with Crippen molar-refractivity contribution in [1.29, 1.82) is 0 Å². The van der Waals surface area contributed by atoms with E-state index in [1.165, 1.54) is 0 Å². The molecule has 0 radical (unpaired) electrons. The molecule has 0 heterocycles. The Kier molecular flexibility index (Phi) is 5.94. The summed E-state index contributed by atoms with van der Waals surface area (Å²) in [7, 11) is 0. The van der Waals surface area contributed by atoms with Gasteiger partial charge in [0, 0.05) is 5.69 Å². The second kappa shape index (κ2) is 8.76. The van der Waals surface area contributed by atoms with Gasteiger partial charge in [0.1, 0.15) is 5.75 Å². The van der Waals surface area contributed by atoms with Crippen molar-refractivity contribution in [3.05, 3.63) is 83.9 Å². The van der Waals surface area contributed by atoms with Crippen LogP contribution in [0, 0.1) is 13.8 Å². The van der Waals surface area contributed by atoms with Gasteiger partial charge < -0.3 is 10.1 Å². The van der Waals surface area contributed by atoms with Gasteiger partial charge >= 0.3 is 0 Å². The molecule has 0 fully saturated rings. The number of amides is 1. The molecule has 0 saturated heterocycles. The largest absolute Gasteiger partial charge is 0.483 e. The summed E-state index contributed by atoms with van der Waals surface area (Å²) >= 11 is 0. The number of azo groups is 1. The van der Waals surface area contributed by atoms with Crippen molar-refractivity contribution in [2.75, 3.05) is 11.9 Å². The molecule has 1 amide bonds. The first-order valence-corrected chi connectivity index (χ1v) is 8.67. The fourth-order valence-electron chi connectivity index (χ4n) is 2.52. The van der Waals surface area contributed by atoms with E-state index in [0.29, 0.717) is 17.1 Å². The van der Waals surface area contributed by atoms with E-state index >= 15 is 0 Å². The van der Waals surface area contributed by atoms with Crippen LogP contribution in [0.2, 0.25) is 0 Å². The first-order chi connectivity index (χ1) is 13.1. The van der Waals surface area contributed by atoms with Crippen LogP contribution in [0.4, 0.5) is 17.1 Å². The Balaban J connectivity index is 1.53. The molecule has 3 aromatic carbocycles. The average molecular weight is 359 g/mol. The minimum absolute atomic E-state index is 0.0423. The Labute approximate surface area is 158 Å². The van der Waals surface area contributed by atoms with Crippen molar-refractivity contribution in [2.24, 2.45) is 10.2 Å². The first kappa shape index (κ1) is 18.3. The van der Waals surface area contributed by atoms with Gasteiger partial charge in [-0.15, -0.1) is 0 Å². The third-order valence-electron chi connectivity index (χ3n) is 3.88. The number of rotatable bonds is 6. The predicted molar refractivity (Wildman–Crippen MR) is 107 cm³/mol. The van der Waals surface area contributed by atoms with Crippen LogP contribution in [0.3, 0.4) is 0 Å². The van der Waals surface area contributed by atoms with Crippen LogP contribution in [0.25, 0.3) is 0 Å². The molecule has 0 bridgehead atoms. The maximum Gasteiger partial charge on any atom is 0.262 e. The first-order valence-electron chi connectivity index (χ1n) is 8.67. The molecule has 27 heavy (non-hydrogen) atoms. The van der Waals surface area contributed by atoms with Crippen molar-refractivity contribution >= 4 is 23.0 Å². The summed E-state index contributed by atoms with van der Waals surface area (Å²) in [5, 5.41) is 11.1. The molecule has 1 N–H and O–H groups in total. The summed E-state index contributed by atoms with van der Waals surface area (Å²) in [6, 6.07) is 22.6. The number of hydrogen-bond acceptors (Lipinski definition) is 4. The highest BCUT2D eigenvalue weighted by atomic mass is 16.5. The molecule has 3 aromatic rings. The van der Waals surface area contributed by atoms with Gasteiger partial charge in [-0.1, -0.05) is 35.9 Å². The number of aryl methyl sites for hydroxylation is 2. The Bertz CT molecular complexity index is 936. The summed E-state index contributed by atoms with van der Waals surface area (Å²) in [6.07, 6.45) is 0. The Morgan fingerprint density at radius 2 is 1.56 bits per heavy atom. The number of carbonyl (C=O) groups is 1. The number of ether oxygens (including phenoxy) is 1. The summed E-state index contributed by atoms with van der Waals surface area (Å²) in [4.78, 5) is 12.1. The van der Waals surface area contributed by atoms with E-state index in [1.807, 2.05) is 62.4 Å². The molecule has 0 aliphatic heterocycles. The van der Waals surface area contributed by atoms with E-state index in [2.05, 4.69) is 15.5 Å². The zero-order valence-corrected chi connectivity index (χ0v) is 15.3. The van der Waals surface area contributed by atoms with Crippen LogP contribution in [0.15, 0.2) is 83.0 Å². The molecule has 0 atom stereocenters. The van der Waals surface area contributed by atoms with Crippen LogP contribution in [-0.4, -0.2) is 12.5 Å². The molecular formula is C22H21N3O2. The van der Waals surface area contributed by atoms with E-state index in [1.54, 1.807) is 24.3 Å². The maximum absolute atomic E-state index is 12.1. The minimum Gasteiger partial charge on any atom is -0.483 e. The second-order valence-electron chi connectivity index (χ2n) is 6.19. The third-order valence-corrected chi connectivity index (χ3v) is 3.88. The van der Waals surface area contributed by atoms with E-state index in [0.717, 1.165) is 16.8 Å². The van der Waals surface area contributed by atoms with Gasteiger partial charge in [-0.05, 0) is 61.9 Å². The number of carbonyl (C=O) groups excluding carboxylic acids is 1. The van der Waals surface area contributed by atoms with Crippen molar-refractivity contribution in [3.8, 4) is 5.75 Å². The monoisotopic (exact) mass is 359 g/mol. The Hall–Kier alpha value is -3.47. The summed E-state index contributed by atoms with van der Waals surface area (Å²) in [6.45, 7) is 3.94. The van der Waals surface area contributed by atoms with Crippen LogP contribution >= 0.6 is 0 Å². The van der Waals surface area contributed by atoms with Crippen molar-refractivity contribution in [2.45, 2.75) is 13.8 Å². The molecule has 0 spiro atoms. The molecule has 5 nitrogen and oxygen atoms in total. The topological polar surface area (TPSA) is 63.0 Å². The highest BCUT2D eigenvalue weighted by molar-refractivity contribution is 5.92. The molecule has 0 aliphatic carbocycles. The Morgan fingerprint density at radius 1 is 0.889 bits per heavy atom. The normalized spacial score (nSPS) is 10.7. The molecule has 136 valence electrons. The smallest absolute Gasteiger partial charge is 0.262 e. The van der Waals surface area contributed by atoms with Gasteiger partial charge in [0.05, 0.1) is 11.4 Å². The molecular weight excluding hydrogens is 338 g/mol. The summed E-state index contributed by atoms with van der Waals surface area (Å²) in [5.41, 5.74) is 4.36. The van der Waals surface area contributed by atoms with E-state index in [4.69, 9.17) is 4.74 Å². The molecule has 0 saturated carbocycles. The van der Waals surface area contributed by atoms with Gasteiger partial charge in [0.15, 0.2) is 6.61 Å². The van der Waals surface area contributed by atoms with Crippen LogP contribution < -0.4 is 10.1 Å². The predicted octanol–water partition coefficient (Wildman–Crippen LogP) is 5.74. The lowest BCUT2D eigenvalue weighted by Crippen LogP contribution is -2.20. The molecule has 0 aliphatic rings. The van der Waals surface area contributed by atoms with E-state index < -0.39 is 0 Å². The van der Waals surface area contributed by atoms with Crippen molar-refractivity contribution in [1.82, 2.24) is 0 Å². The van der Waals surface area contributed by atoms with Crippen LogP contribution in [0.5, 0.6) is 5.75 Å². The van der Waals surface area contributed by atoms with Gasteiger partial charge in [0.2, 0.25) is 0 Å².